The molecule has 0 spiro atoms. The average Bonchev–Trinajstić information content (AvgIpc) is 2.64. The van der Waals surface area contributed by atoms with Crippen LogP contribution in [0.15, 0.2) is 53.4 Å². The molecule has 126 valence electrons. The number of carbonyl (C=O) groups excluding carboxylic acids is 2. The van der Waals surface area contributed by atoms with Crippen LogP contribution in [0.4, 0.5) is 0 Å². The van der Waals surface area contributed by atoms with E-state index in [1.807, 2.05) is 36.6 Å². The standard InChI is InChI=1S/C18H19NO4S/c1-22-16-10-14(24-2)8-9-15(16)18(21)23-12-17(20)19-11-13-6-4-3-5-7-13/h3-10H,11-12H2,1-2H3,(H,19,20). The van der Waals surface area contributed by atoms with E-state index >= 15 is 0 Å². The summed E-state index contributed by atoms with van der Waals surface area (Å²) in [6, 6.07) is 14.7. The van der Waals surface area contributed by atoms with Crippen molar-refractivity contribution in [3.8, 4) is 5.75 Å². The third kappa shape index (κ3) is 5.03. The molecule has 0 radical (unpaired) electrons. The second-order valence-corrected chi connectivity index (χ2v) is 5.78. The van der Waals surface area contributed by atoms with Gasteiger partial charge in [-0.15, -0.1) is 11.8 Å². The molecule has 1 N–H and O–H groups in total. The predicted octanol–water partition coefficient (Wildman–Crippen LogP) is 2.89. The number of carbonyl (C=O) groups is 2. The number of hydrogen-bond donors (Lipinski definition) is 1. The Balaban J connectivity index is 1.87. The van der Waals surface area contributed by atoms with Gasteiger partial charge in [-0.25, -0.2) is 4.79 Å². The first-order valence-electron chi connectivity index (χ1n) is 7.34. The quantitative estimate of drug-likeness (QED) is 0.617. The van der Waals surface area contributed by atoms with Crippen molar-refractivity contribution in [2.45, 2.75) is 11.4 Å². The third-order valence-electron chi connectivity index (χ3n) is 3.30. The van der Waals surface area contributed by atoms with E-state index in [4.69, 9.17) is 9.47 Å². The zero-order valence-electron chi connectivity index (χ0n) is 13.6. The van der Waals surface area contributed by atoms with Crippen molar-refractivity contribution in [3.05, 3.63) is 59.7 Å². The van der Waals surface area contributed by atoms with Gasteiger partial charge in [-0.1, -0.05) is 30.3 Å². The molecule has 5 nitrogen and oxygen atoms in total. The fourth-order valence-corrected chi connectivity index (χ4v) is 2.45. The molecule has 2 aromatic carbocycles. The number of thioether (sulfide) groups is 1. The van der Waals surface area contributed by atoms with E-state index < -0.39 is 5.97 Å². The van der Waals surface area contributed by atoms with Crippen LogP contribution in [0.2, 0.25) is 0 Å². The van der Waals surface area contributed by atoms with Crippen LogP contribution in [-0.4, -0.2) is 31.8 Å². The van der Waals surface area contributed by atoms with Gasteiger partial charge in [0.25, 0.3) is 5.91 Å². The van der Waals surface area contributed by atoms with Gasteiger partial charge in [-0.3, -0.25) is 4.79 Å². The van der Waals surface area contributed by atoms with Crippen LogP contribution in [0, 0.1) is 0 Å². The minimum atomic E-state index is -0.589. The molecular weight excluding hydrogens is 326 g/mol. The van der Waals surface area contributed by atoms with Crippen LogP contribution in [-0.2, 0) is 16.1 Å². The molecule has 6 heteroatoms. The van der Waals surface area contributed by atoms with Crippen LogP contribution in [0.3, 0.4) is 0 Å². The Labute approximate surface area is 145 Å². The SMILES string of the molecule is COc1cc(SC)ccc1C(=O)OCC(=O)NCc1ccccc1. The van der Waals surface area contributed by atoms with Crippen molar-refractivity contribution < 1.29 is 19.1 Å². The smallest absolute Gasteiger partial charge is 0.342 e. The largest absolute Gasteiger partial charge is 0.496 e. The Morgan fingerprint density at radius 3 is 2.54 bits per heavy atom. The van der Waals surface area contributed by atoms with Gasteiger partial charge in [0.1, 0.15) is 11.3 Å². The summed E-state index contributed by atoms with van der Waals surface area (Å²) in [5.41, 5.74) is 1.28. The molecule has 0 aliphatic rings. The van der Waals surface area contributed by atoms with Crippen molar-refractivity contribution in [2.75, 3.05) is 20.0 Å². The number of ether oxygens (including phenoxy) is 2. The lowest BCUT2D eigenvalue weighted by Gasteiger charge is -2.10. The molecule has 0 unspecified atom stereocenters. The van der Waals surface area contributed by atoms with E-state index in [0.717, 1.165) is 10.5 Å². The van der Waals surface area contributed by atoms with Gasteiger partial charge in [-0.2, -0.15) is 0 Å². The Morgan fingerprint density at radius 2 is 1.88 bits per heavy atom. The number of esters is 1. The molecule has 0 aliphatic carbocycles. The van der Waals surface area contributed by atoms with Crippen molar-refractivity contribution in [1.29, 1.82) is 0 Å². The molecule has 2 aromatic rings. The van der Waals surface area contributed by atoms with Crippen molar-refractivity contribution in [2.24, 2.45) is 0 Å². The summed E-state index contributed by atoms with van der Waals surface area (Å²) in [6.45, 7) is 0.0576. The summed E-state index contributed by atoms with van der Waals surface area (Å²) in [5, 5.41) is 2.70. The molecule has 0 bridgehead atoms. The number of rotatable bonds is 7. The normalized spacial score (nSPS) is 10.1. The monoisotopic (exact) mass is 345 g/mol. The minimum Gasteiger partial charge on any atom is -0.496 e. The first-order valence-corrected chi connectivity index (χ1v) is 8.56. The predicted molar refractivity (Wildman–Crippen MR) is 93.3 cm³/mol. The summed E-state index contributed by atoms with van der Waals surface area (Å²) < 4.78 is 10.3. The van der Waals surface area contributed by atoms with E-state index in [-0.39, 0.29) is 12.5 Å². The highest BCUT2D eigenvalue weighted by Crippen LogP contribution is 2.25. The molecule has 0 saturated carbocycles. The summed E-state index contributed by atoms with van der Waals surface area (Å²) in [5.74, 6) is -0.516. The van der Waals surface area contributed by atoms with Crippen molar-refractivity contribution in [1.82, 2.24) is 5.32 Å². The summed E-state index contributed by atoms with van der Waals surface area (Å²) in [4.78, 5) is 24.9. The fourth-order valence-electron chi connectivity index (χ4n) is 2.02. The van der Waals surface area contributed by atoms with Gasteiger partial charge in [0, 0.05) is 11.4 Å². The maximum absolute atomic E-state index is 12.1. The summed E-state index contributed by atoms with van der Waals surface area (Å²) in [6.07, 6.45) is 1.93. The number of methoxy groups -OCH3 is 1. The summed E-state index contributed by atoms with van der Waals surface area (Å²) >= 11 is 1.55. The Hall–Kier alpha value is -2.47. The van der Waals surface area contributed by atoms with Crippen LogP contribution in [0.25, 0.3) is 0 Å². The molecule has 2 rings (SSSR count). The molecule has 0 atom stereocenters. The first-order chi connectivity index (χ1) is 11.6. The van der Waals surface area contributed by atoms with Crippen LogP contribution in [0.1, 0.15) is 15.9 Å². The lowest BCUT2D eigenvalue weighted by Crippen LogP contribution is -2.28. The second-order valence-electron chi connectivity index (χ2n) is 4.90. The number of hydrogen-bond acceptors (Lipinski definition) is 5. The zero-order valence-corrected chi connectivity index (χ0v) is 14.4. The Kier molecular flexibility index (Phi) is 6.69. The second kappa shape index (κ2) is 8.98. The molecule has 24 heavy (non-hydrogen) atoms. The molecule has 0 aliphatic heterocycles. The molecule has 0 heterocycles. The van der Waals surface area contributed by atoms with Gasteiger partial charge >= 0.3 is 5.97 Å². The highest BCUT2D eigenvalue weighted by Gasteiger charge is 2.15. The number of nitrogens with one attached hydrogen (secondary N) is 1. The van der Waals surface area contributed by atoms with Gasteiger partial charge in [0.15, 0.2) is 6.61 Å². The molecular formula is C18H19NO4S. The molecule has 0 aromatic heterocycles. The zero-order chi connectivity index (χ0) is 17.4. The Bertz CT molecular complexity index is 703. The fraction of sp³-hybridized carbons (Fsp3) is 0.222. The molecule has 1 amide bonds. The van der Waals surface area contributed by atoms with Crippen LogP contribution < -0.4 is 10.1 Å². The van der Waals surface area contributed by atoms with E-state index in [1.54, 1.807) is 30.0 Å². The van der Waals surface area contributed by atoms with Gasteiger partial charge in [0.2, 0.25) is 0 Å². The van der Waals surface area contributed by atoms with E-state index in [2.05, 4.69) is 5.32 Å². The van der Waals surface area contributed by atoms with Crippen LogP contribution >= 0.6 is 11.8 Å². The lowest BCUT2D eigenvalue weighted by atomic mass is 10.2. The highest BCUT2D eigenvalue weighted by atomic mass is 32.2. The first kappa shape index (κ1) is 17.9. The minimum absolute atomic E-state index is 0.297. The number of benzene rings is 2. The van der Waals surface area contributed by atoms with E-state index in [0.29, 0.717) is 17.9 Å². The summed E-state index contributed by atoms with van der Waals surface area (Å²) in [7, 11) is 1.49. The van der Waals surface area contributed by atoms with Gasteiger partial charge < -0.3 is 14.8 Å². The number of amides is 1. The van der Waals surface area contributed by atoms with Crippen molar-refractivity contribution in [3.63, 3.8) is 0 Å². The van der Waals surface area contributed by atoms with Gasteiger partial charge in [0.05, 0.1) is 7.11 Å². The average molecular weight is 345 g/mol. The van der Waals surface area contributed by atoms with Crippen LogP contribution in [0.5, 0.6) is 5.75 Å². The highest BCUT2D eigenvalue weighted by molar-refractivity contribution is 7.98. The maximum atomic E-state index is 12.1. The lowest BCUT2D eigenvalue weighted by molar-refractivity contribution is -0.124. The third-order valence-corrected chi connectivity index (χ3v) is 4.02. The molecule has 0 fully saturated rings. The topological polar surface area (TPSA) is 64.6 Å². The van der Waals surface area contributed by atoms with E-state index in [1.165, 1.54) is 7.11 Å². The maximum Gasteiger partial charge on any atom is 0.342 e. The molecule has 0 saturated heterocycles. The Morgan fingerprint density at radius 1 is 1.12 bits per heavy atom. The van der Waals surface area contributed by atoms with E-state index in [9.17, 15) is 9.59 Å². The van der Waals surface area contributed by atoms with Crippen molar-refractivity contribution >= 4 is 23.6 Å². The van der Waals surface area contributed by atoms with Gasteiger partial charge in [-0.05, 0) is 30.0 Å².